The van der Waals surface area contributed by atoms with Crippen molar-refractivity contribution in [3.05, 3.63) is 42.5 Å². The van der Waals surface area contributed by atoms with Gasteiger partial charge in [0.1, 0.15) is 11.5 Å². The second-order valence-electron chi connectivity index (χ2n) is 4.68. The predicted molar refractivity (Wildman–Crippen MR) is 88.4 cm³/mol. The van der Waals surface area contributed by atoms with Crippen LogP contribution in [-0.4, -0.2) is 33.2 Å². The van der Waals surface area contributed by atoms with Crippen molar-refractivity contribution in [1.82, 2.24) is 0 Å². The van der Waals surface area contributed by atoms with Gasteiger partial charge < -0.3 is 20.1 Å². The van der Waals surface area contributed by atoms with E-state index in [9.17, 15) is 13.2 Å². The Morgan fingerprint density at radius 1 is 0.958 bits per heavy atom. The molecule has 128 valence electrons. The van der Waals surface area contributed by atoms with Crippen molar-refractivity contribution in [3.8, 4) is 11.5 Å². The lowest BCUT2D eigenvalue weighted by atomic mass is 10.2. The van der Waals surface area contributed by atoms with E-state index in [2.05, 4.69) is 10.6 Å². The quantitative estimate of drug-likeness (QED) is 0.713. The molecule has 2 aromatic carbocycles. The van der Waals surface area contributed by atoms with E-state index < -0.39 is 16.1 Å². The van der Waals surface area contributed by atoms with Crippen LogP contribution in [-0.2, 0) is 10.1 Å². The third kappa shape index (κ3) is 4.61. The Morgan fingerprint density at radius 3 is 2.08 bits per heavy atom. The molecule has 24 heavy (non-hydrogen) atoms. The van der Waals surface area contributed by atoms with Crippen LogP contribution in [0.15, 0.2) is 47.4 Å². The predicted octanol–water partition coefficient (Wildman–Crippen LogP) is 2.59. The smallest absolute Gasteiger partial charge is 0.323 e. The third-order valence-corrected chi connectivity index (χ3v) is 3.85. The first kappa shape index (κ1) is 17.6. The number of hydrogen-bond donors (Lipinski definition) is 3. The maximum absolute atomic E-state index is 12.0. The van der Waals surface area contributed by atoms with Gasteiger partial charge in [0.2, 0.25) is 0 Å². The van der Waals surface area contributed by atoms with Gasteiger partial charge in [0.05, 0.1) is 19.1 Å². The lowest BCUT2D eigenvalue weighted by Crippen LogP contribution is -2.19. The topological polar surface area (TPSA) is 114 Å². The van der Waals surface area contributed by atoms with Gasteiger partial charge in [-0.25, -0.2) is 4.79 Å². The van der Waals surface area contributed by atoms with Crippen molar-refractivity contribution in [2.24, 2.45) is 0 Å². The molecule has 0 atom stereocenters. The highest BCUT2D eigenvalue weighted by Crippen LogP contribution is 2.26. The van der Waals surface area contributed by atoms with Crippen molar-refractivity contribution in [1.29, 1.82) is 0 Å². The van der Waals surface area contributed by atoms with Crippen molar-refractivity contribution in [2.75, 3.05) is 24.9 Å². The number of carbonyl (C=O) groups excluding carboxylic acids is 1. The summed E-state index contributed by atoms with van der Waals surface area (Å²) < 4.78 is 41.4. The fourth-order valence-corrected chi connectivity index (χ4v) is 2.43. The standard InChI is InChI=1S/C15H16N2O6S/c1-22-12-6-11(7-13(9-12)23-2)17-15(18)16-10-4-3-5-14(8-10)24(19,20)21/h3-9H,1-2H3,(H2,16,17,18)(H,19,20,21). The van der Waals surface area contributed by atoms with E-state index in [1.165, 1.54) is 32.4 Å². The number of rotatable bonds is 5. The Balaban J connectivity index is 2.14. The SMILES string of the molecule is COc1cc(NC(=O)Nc2cccc(S(=O)(=O)O)c2)cc(OC)c1. The second kappa shape index (κ2) is 7.20. The number of nitrogens with one attached hydrogen (secondary N) is 2. The Kier molecular flexibility index (Phi) is 5.27. The highest BCUT2D eigenvalue weighted by molar-refractivity contribution is 7.85. The zero-order valence-corrected chi connectivity index (χ0v) is 13.8. The summed E-state index contributed by atoms with van der Waals surface area (Å²) in [6.07, 6.45) is 0. The summed E-state index contributed by atoms with van der Waals surface area (Å²) in [6.45, 7) is 0. The van der Waals surface area contributed by atoms with Crippen LogP contribution in [0, 0.1) is 0 Å². The second-order valence-corrected chi connectivity index (χ2v) is 6.10. The van der Waals surface area contributed by atoms with E-state index in [0.29, 0.717) is 17.2 Å². The van der Waals surface area contributed by atoms with Gasteiger partial charge >= 0.3 is 6.03 Å². The minimum atomic E-state index is -4.34. The number of hydrogen-bond acceptors (Lipinski definition) is 5. The van der Waals surface area contributed by atoms with E-state index in [-0.39, 0.29) is 10.6 Å². The number of anilines is 2. The van der Waals surface area contributed by atoms with Gasteiger partial charge in [0, 0.05) is 29.6 Å². The summed E-state index contributed by atoms with van der Waals surface area (Å²) in [5.41, 5.74) is 0.632. The number of amides is 2. The summed E-state index contributed by atoms with van der Waals surface area (Å²) in [5.74, 6) is 0.996. The monoisotopic (exact) mass is 352 g/mol. The average molecular weight is 352 g/mol. The van der Waals surface area contributed by atoms with Gasteiger partial charge in [0.25, 0.3) is 10.1 Å². The Labute approximate surface area is 139 Å². The van der Waals surface area contributed by atoms with Crippen LogP contribution in [0.3, 0.4) is 0 Å². The van der Waals surface area contributed by atoms with E-state index in [1.54, 1.807) is 18.2 Å². The largest absolute Gasteiger partial charge is 0.497 e. The van der Waals surface area contributed by atoms with Crippen molar-refractivity contribution < 1.29 is 27.2 Å². The number of methoxy groups -OCH3 is 2. The van der Waals surface area contributed by atoms with Crippen LogP contribution >= 0.6 is 0 Å². The first-order chi connectivity index (χ1) is 11.3. The number of ether oxygens (including phenoxy) is 2. The Bertz CT molecular complexity index is 829. The molecule has 2 amide bonds. The first-order valence-corrected chi connectivity index (χ1v) is 8.14. The summed E-state index contributed by atoms with van der Waals surface area (Å²) in [7, 11) is -1.37. The molecule has 0 saturated carbocycles. The summed E-state index contributed by atoms with van der Waals surface area (Å²) in [5, 5.41) is 5.05. The van der Waals surface area contributed by atoms with E-state index in [4.69, 9.17) is 14.0 Å². The summed E-state index contributed by atoms with van der Waals surface area (Å²) in [4.78, 5) is 11.7. The minimum Gasteiger partial charge on any atom is -0.497 e. The molecule has 0 heterocycles. The summed E-state index contributed by atoms with van der Waals surface area (Å²) >= 11 is 0. The molecule has 0 spiro atoms. The molecule has 0 aliphatic carbocycles. The molecule has 3 N–H and O–H groups in total. The average Bonchev–Trinajstić information content (AvgIpc) is 2.53. The Morgan fingerprint density at radius 2 is 1.54 bits per heavy atom. The van der Waals surface area contributed by atoms with Crippen LogP contribution in [0.4, 0.5) is 16.2 Å². The molecule has 8 nitrogen and oxygen atoms in total. The highest BCUT2D eigenvalue weighted by Gasteiger charge is 2.11. The molecule has 0 aromatic heterocycles. The molecule has 9 heteroatoms. The van der Waals surface area contributed by atoms with Crippen molar-refractivity contribution in [3.63, 3.8) is 0 Å². The normalized spacial score (nSPS) is 10.8. The maximum Gasteiger partial charge on any atom is 0.323 e. The minimum absolute atomic E-state index is 0.206. The Hall–Kier alpha value is -2.78. The molecule has 0 aliphatic rings. The molecule has 0 radical (unpaired) electrons. The number of benzene rings is 2. The summed E-state index contributed by atoms with van der Waals surface area (Å²) in [6, 6.07) is 9.48. The number of carbonyl (C=O) groups is 1. The highest BCUT2D eigenvalue weighted by atomic mass is 32.2. The van der Waals surface area contributed by atoms with Gasteiger partial charge in [-0.3, -0.25) is 4.55 Å². The van der Waals surface area contributed by atoms with Gasteiger partial charge in [0.15, 0.2) is 0 Å². The molecule has 0 unspecified atom stereocenters. The lowest BCUT2D eigenvalue weighted by Gasteiger charge is -2.11. The van der Waals surface area contributed by atoms with E-state index in [0.717, 1.165) is 6.07 Å². The molecular formula is C15H16N2O6S. The van der Waals surface area contributed by atoms with Crippen LogP contribution in [0.25, 0.3) is 0 Å². The number of urea groups is 1. The molecule has 0 aliphatic heterocycles. The molecule has 0 saturated heterocycles. The molecule has 0 fully saturated rings. The van der Waals surface area contributed by atoms with Crippen LogP contribution in [0.5, 0.6) is 11.5 Å². The molecule has 2 rings (SSSR count). The van der Waals surface area contributed by atoms with Crippen molar-refractivity contribution in [2.45, 2.75) is 4.90 Å². The third-order valence-electron chi connectivity index (χ3n) is 3.00. The fourth-order valence-electron chi connectivity index (χ4n) is 1.91. The van der Waals surface area contributed by atoms with E-state index >= 15 is 0 Å². The van der Waals surface area contributed by atoms with Gasteiger partial charge in [-0.15, -0.1) is 0 Å². The molecular weight excluding hydrogens is 336 g/mol. The molecule has 2 aromatic rings. The maximum atomic E-state index is 12.0. The van der Waals surface area contributed by atoms with E-state index in [1.807, 2.05) is 0 Å². The van der Waals surface area contributed by atoms with Crippen molar-refractivity contribution >= 4 is 27.5 Å². The first-order valence-electron chi connectivity index (χ1n) is 6.70. The fraction of sp³-hybridized carbons (Fsp3) is 0.133. The zero-order chi connectivity index (χ0) is 17.7. The van der Waals surface area contributed by atoms with Gasteiger partial charge in [-0.2, -0.15) is 8.42 Å². The van der Waals surface area contributed by atoms with Crippen LogP contribution in [0.1, 0.15) is 0 Å². The lowest BCUT2D eigenvalue weighted by molar-refractivity contribution is 0.262. The zero-order valence-electron chi connectivity index (χ0n) is 12.9. The van der Waals surface area contributed by atoms with Gasteiger partial charge in [-0.05, 0) is 18.2 Å². The van der Waals surface area contributed by atoms with Crippen LogP contribution in [0.2, 0.25) is 0 Å². The van der Waals surface area contributed by atoms with Crippen LogP contribution < -0.4 is 20.1 Å². The molecule has 0 bridgehead atoms. The van der Waals surface area contributed by atoms with Gasteiger partial charge in [-0.1, -0.05) is 6.07 Å².